The molecule has 0 aromatic carbocycles. The zero-order valence-corrected chi connectivity index (χ0v) is 4.15. The minimum atomic E-state index is 0.736. The summed E-state index contributed by atoms with van der Waals surface area (Å²) in [7, 11) is 0. The van der Waals surface area contributed by atoms with E-state index in [1.807, 2.05) is 0 Å². The van der Waals surface area contributed by atoms with Crippen molar-refractivity contribution < 1.29 is 0 Å². The van der Waals surface area contributed by atoms with E-state index in [1.54, 1.807) is 12.2 Å². The van der Waals surface area contributed by atoms with E-state index >= 15 is 0 Å². The SMILES string of the molecule is C#C[C](C=C)C=C. The summed E-state index contributed by atoms with van der Waals surface area (Å²) in [4.78, 5) is 0. The van der Waals surface area contributed by atoms with Crippen molar-refractivity contribution in [1.82, 2.24) is 0 Å². The Kier molecular flexibility index (Phi) is 2.79. The largest absolute Gasteiger partial charge is 0.119 e. The summed E-state index contributed by atoms with van der Waals surface area (Å²) in [5, 5.41) is 0. The zero-order valence-electron chi connectivity index (χ0n) is 4.15. The highest BCUT2D eigenvalue weighted by atomic mass is 13.9. The molecule has 0 heterocycles. The lowest BCUT2D eigenvalue weighted by Gasteiger charge is -1.86. The van der Waals surface area contributed by atoms with Crippen molar-refractivity contribution in [2.24, 2.45) is 0 Å². The van der Waals surface area contributed by atoms with Gasteiger partial charge in [-0.3, -0.25) is 0 Å². The van der Waals surface area contributed by atoms with Crippen LogP contribution in [0.5, 0.6) is 0 Å². The number of hydrogen-bond acceptors (Lipinski definition) is 0. The Balaban J connectivity index is 3.65. The van der Waals surface area contributed by atoms with Crippen LogP contribution in [0.2, 0.25) is 0 Å². The third-order valence-electron chi connectivity index (χ3n) is 0.606. The molecule has 0 spiro atoms. The van der Waals surface area contributed by atoms with Crippen LogP contribution in [0.4, 0.5) is 0 Å². The Morgan fingerprint density at radius 3 is 1.86 bits per heavy atom. The van der Waals surface area contributed by atoms with E-state index in [-0.39, 0.29) is 0 Å². The van der Waals surface area contributed by atoms with Gasteiger partial charge in [0.1, 0.15) is 0 Å². The maximum absolute atomic E-state index is 4.96. The van der Waals surface area contributed by atoms with Crippen molar-refractivity contribution in [1.29, 1.82) is 0 Å². The summed E-state index contributed by atoms with van der Waals surface area (Å²) in [6.07, 6.45) is 8.14. The Labute approximate surface area is 44.5 Å². The molecule has 0 unspecified atom stereocenters. The molecule has 0 fully saturated rings. The standard InChI is InChI=1S/C7H7/c1-4-7(5-2)6-3/h1,5-6H,2-3H2. The topological polar surface area (TPSA) is 0 Å². The monoisotopic (exact) mass is 91.1 g/mol. The minimum absolute atomic E-state index is 0.736. The van der Waals surface area contributed by atoms with E-state index in [0.29, 0.717) is 0 Å². The van der Waals surface area contributed by atoms with E-state index in [1.165, 1.54) is 0 Å². The Morgan fingerprint density at radius 2 is 1.86 bits per heavy atom. The zero-order chi connectivity index (χ0) is 5.70. The third-order valence-corrected chi connectivity index (χ3v) is 0.606. The summed E-state index contributed by atoms with van der Waals surface area (Å²) < 4.78 is 0. The summed E-state index contributed by atoms with van der Waals surface area (Å²) in [5.74, 6) is 3.12. The highest BCUT2D eigenvalue weighted by Crippen LogP contribution is 1.96. The predicted octanol–water partition coefficient (Wildman–Crippen LogP) is 1.57. The van der Waals surface area contributed by atoms with Gasteiger partial charge in [-0.05, 0) is 0 Å². The highest BCUT2D eigenvalue weighted by Gasteiger charge is 1.86. The van der Waals surface area contributed by atoms with Crippen LogP contribution < -0.4 is 0 Å². The average molecular weight is 91.1 g/mol. The van der Waals surface area contributed by atoms with E-state index in [4.69, 9.17) is 6.42 Å². The molecule has 0 aliphatic rings. The molecule has 0 aliphatic heterocycles. The van der Waals surface area contributed by atoms with Crippen LogP contribution in [-0.4, -0.2) is 0 Å². The van der Waals surface area contributed by atoms with Crippen LogP contribution >= 0.6 is 0 Å². The fourth-order valence-corrected chi connectivity index (χ4v) is 0.201. The molecule has 0 nitrogen and oxygen atoms in total. The van der Waals surface area contributed by atoms with Gasteiger partial charge in [0.2, 0.25) is 0 Å². The van der Waals surface area contributed by atoms with Crippen molar-refractivity contribution in [3.8, 4) is 12.3 Å². The second-order valence-electron chi connectivity index (χ2n) is 1.01. The van der Waals surface area contributed by atoms with Gasteiger partial charge in [0, 0.05) is 0 Å². The van der Waals surface area contributed by atoms with Crippen molar-refractivity contribution >= 4 is 0 Å². The van der Waals surface area contributed by atoms with Crippen molar-refractivity contribution in [3.63, 3.8) is 0 Å². The van der Waals surface area contributed by atoms with Gasteiger partial charge in [-0.15, -0.1) is 19.6 Å². The van der Waals surface area contributed by atoms with E-state index in [0.717, 1.165) is 5.92 Å². The summed E-state index contributed by atoms with van der Waals surface area (Å²) in [6.45, 7) is 6.90. The fourth-order valence-electron chi connectivity index (χ4n) is 0.201. The van der Waals surface area contributed by atoms with E-state index < -0.39 is 0 Å². The fraction of sp³-hybridized carbons (Fsp3) is 0. The Hall–Kier alpha value is -0.960. The maximum atomic E-state index is 4.96. The molecule has 0 bridgehead atoms. The predicted molar refractivity (Wildman–Crippen MR) is 32.5 cm³/mol. The van der Waals surface area contributed by atoms with Gasteiger partial charge in [-0.25, -0.2) is 0 Å². The van der Waals surface area contributed by atoms with Crippen LogP contribution in [0.15, 0.2) is 25.3 Å². The second-order valence-corrected chi connectivity index (χ2v) is 1.01. The molecule has 0 N–H and O–H groups in total. The lowest BCUT2D eigenvalue weighted by Crippen LogP contribution is -1.76. The quantitative estimate of drug-likeness (QED) is 0.452. The van der Waals surface area contributed by atoms with Gasteiger partial charge in [0.15, 0.2) is 0 Å². The van der Waals surface area contributed by atoms with Gasteiger partial charge >= 0.3 is 0 Å². The summed E-state index contributed by atoms with van der Waals surface area (Å²) in [5.41, 5.74) is 0. The van der Waals surface area contributed by atoms with E-state index in [2.05, 4.69) is 19.1 Å². The number of terminal acetylenes is 1. The van der Waals surface area contributed by atoms with E-state index in [9.17, 15) is 0 Å². The van der Waals surface area contributed by atoms with Gasteiger partial charge < -0.3 is 0 Å². The maximum Gasteiger partial charge on any atom is 0.0901 e. The molecule has 7 heavy (non-hydrogen) atoms. The summed E-state index contributed by atoms with van der Waals surface area (Å²) in [6, 6.07) is 0. The molecule has 0 heteroatoms. The lowest BCUT2D eigenvalue weighted by atomic mass is 10.2. The first-order valence-corrected chi connectivity index (χ1v) is 1.93. The molecular formula is C7H7. The molecular weight excluding hydrogens is 84.1 g/mol. The lowest BCUT2D eigenvalue weighted by molar-refractivity contribution is 1.58. The van der Waals surface area contributed by atoms with Crippen molar-refractivity contribution in [2.75, 3.05) is 0 Å². The number of rotatable bonds is 2. The van der Waals surface area contributed by atoms with Gasteiger partial charge in [-0.1, -0.05) is 18.1 Å². The van der Waals surface area contributed by atoms with Crippen LogP contribution in [-0.2, 0) is 0 Å². The average Bonchev–Trinajstić information content (AvgIpc) is 1.72. The minimum Gasteiger partial charge on any atom is -0.119 e. The molecule has 0 saturated carbocycles. The molecule has 0 saturated heterocycles. The van der Waals surface area contributed by atoms with Crippen molar-refractivity contribution in [2.45, 2.75) is 0 Å². The van der Waals surface area contributed by atoms with Crippen molar-refractivity contribution in [3.05, 3.63) is 31.2 Å². The molecule has 0 aliphatic carbocycles. The smallest absolute Gasteiger partial charge is 0.0901 e. The molecule has 0 rings (SSSR count). The number of hydrogen-bond donors (Lipinski definition) is 0. The number of allylic oxidation sites excluding steroid dienone is 2. The molecule has 0 aromatic rings. The third kappa shape index (κ3) is 1.83. The Morgan fingerprint density at radius 1 is 1.43 bits per heavy atom. The Bertz CT molecular complexity index is 95.7. The highest BCUT2D eigenvalue weighted by molar-refractivity contribution is 5.35. The first-order valence-electron chi connectivity index (χ1n) is 1.93. The molecule has 0 atom stereocenters. The molecule has 0 aromatic heterocycles. The first-order chi connectivity index (χ1) is 3.35. The normalized spacial score (nSPS) is 7.43. The van der Waals surface area contributed by atoms with Crippen LogP contribution in [0, 0.1) is 18.3 Å². The van der Waals surface area contributed by atoms with Gasteiger partial charge in [-0.2, -0.15) is 0 Å². The van der Waals surface area contributed by atoms with Gasteiger partial charge in [0.25, 0.3) is 0 Å². The first kappa shape index (κ1) is 6.04. The van der Waals surface area contributed by atoms with Crippen LogP contribution in [0.1, 0.15) is 0 Å². The second kappa shape index (κ2) is 3.24. The molecule has 0 amide bonds. The van der Waals surface area contributed by atoms with Crippen LogP contribution in [0.3, 0.4) is 0 Å². The molecule has 35 valence electrons. The molecule has 1 radical (unpaired) electrons. The van der Waals surface area contributed by atoms with Gasteiger partial charge in [0.05, 0.1) is 5.92 Å². The van der Waals surface area contributed by atoms with Crippen LogP contribution in [0.25, 0.3) is 0 Å². The summed E-state index contributed by atoms with van der Waals surface area (Å²) >= 11 is 0.